The van der Waals surface area contributed by atoms with E-state index in [0.717, 1.165) is 11.1 Å². The molecular weight excluding hydrogens is 296 g/mol. The molecule has 2 aromatic rings. The Hall–Kier alpha value is -2.60. The molecule has 3 rings (SSSR count). The summed E-state index contributed by atoms with van der Waals surface area (Å²) >= 11 is 0. The maximum atomic E-state index is 12.3. The van der Waals surface area contributed by atoms with E-state index in [1.54, 1.807) is 13.0 Å². The number of fused-ring (bicyclic) bond motifs is 1. The van der Waals surface area contributed by atoms with Crippen molar-refractivity contribution in [2.75, 3.05) is 0 Å². The van der Waals surface area contributed by atoms with Crippen molar-refractivity contribution >= 4 is 11.8 Å². The summed E-state index contributed by atoms with van der Waals surface area (Å²) < 4.78 is 4.99. The maximum absolute atomic E-state index is 12.3. The van der Waals surface area contributed by atoms with Crippen LogP contribution >= 0.6 is 0 Å². The Labute approximate surface area is 133 Å². The van der Waals surface area contributed by atoms with E-state index < -0.39 is 24.1 Å². The Morgan fingerprint density at radius 1 is 1.26 bits per heavy atom. The fourth-order valence-electron chi connectivity index (χ4n) is 2.77. The van der Waals surface area contributed by atoms with E-state index in [1.807, 2.05) is 24.3 Å². The molecule has 6 nitrogen and oxygen atoms in total. The van der Waals surface area contributed by atoms with Gasteiger partial charge < -0.3 is 20.2 Å². The Morgan fingerprint density at radius 3 is 2.78 bits per heavy atom. The number of nitrogens with one attached hydrogen (secondary N) is 2. The van der Waals surface area contributed by atoms with Gasteiger partial charge in [0.05, 0.1) is 18.4 Å². The first-order valence-corrected chi connectivity index (χ1v) is 7.47. The average Bonchev–Trinajstić information content (AvgIpc) is 3.16. The van der Waals surface area contributed by atoms with Gasteiger partial charge in [0.15, 0.2) is 5.76 Å². The van der Waals surface area contributed by atoms with E-state index in [2.05, 4.69) is 10.6 Å². The molecule has 0 saturated heterocycles. The molecule has 0 bridgehead atoms. The zero-order chi connectivity index (χ0) is 16.4. The maximum Gasteiger partial charge on any atom is 0.287 e. The van der Waals surface area contributed by atoms with Crippen molar-refractivity contribution in [2.24, 2.45) is 0 Å². The monoisotopic (exact) mass is 314 g/mol. The number of carbonyl (C=O) groups is 2. The number of carbonyl (C=O) groups excluding carboxylic acids is 2. The molecule has 120 valence electrons. The standard InChI is InChI=1S/C17H18N2O4/c1-10(18-17(22)14-7-4-8-23-14)16(21)19-15-12-6-3-2-5-11(12)9-13(15)20/h2-8,10,13,15,20H,9H2,1H3,(H,18,22)(H,19,21). The highest BCUT2D eigenvalue weighted by Gasteiger charge is 2.33. The number of aliphatic hydroxyl groups is 1. The lowest BCUT2D eigenvalue weighted by atomic mass is 10.1. The largest absolute Gasteiger partial charge is 0.459 e. The summed E-state index contributed by atoms with van der Waals surface area (Å²) in [4.78, 5) is 24.2. The highest BCUT2D eigenvalue weighted by molar-refractivity contribution is 5.95. The summed E-state index contributed by atoms with van der Waals surface area (Å²) in [7, 11) is 0. The first kappa shape index (κ1) is 15.3. The molecule has 0 saturated carbocycles. The van der Waals surface area contributed by atoms with Crippen molar-refractivity contribution in [1.82, 2.24) is 10.6 Å². The first-order chi connectivity index (χ1) is 11.1. The highest BCUT2D eigenvalue weighted by atomic mass is 16.3. The number of furan rings is 1. The third kappa shape index (κ3) is 3.12. The van der Waals surface area contributed by atoms with E-state index in [-0.39, 0.29) is 11.7 Å². The lowest BCUT2D eigenvalue weighted by Gasteiger charge is -2.21. The van der Waals surface area contributed by atoms with Crippen molar-refractivity contribution in [3.8, 4) is 0 Å². The minimum absolute atomic E-state index is 0.149. The molecule has 1 aromatic carbocycles. The predicted molar refractivity (Wildman–Crippen MR) is 82.7 cm³/mol. The van der Waals surface area contributed by atoms with Gasteiger partial charge in [-0.25, -0.2) is 0 Å². The molecule has 1 heterocycles. The molecular formula is C17H18N2O4. The van der Waals surface area contributed by atoms with Crippen LogP contribution in [0.25, 0.3) is 0 Å². The third-order valence-electron chi connectivity index (χ3n) is 3.99. The van der Waals surface area contributed by atoms with Crippen LogP contribution in [-0.2, 0) is 11.2 Å². The second kappa shape index (κ2) is 6.26. The van der Waals surface area contributed by atoms with Crippen LogP contribution in [0.2, 0.25) is 0 Å². The van der Waals surface area contributed by atoms with Gasteiger partial charge in [0.1, 0.15) is 6.04 Å². The molecule has 3 unspecified atom stereocenters. The van der Waals surface area contributed by atoms with Gasteiger partial charge in [-0.2, -0.15) is 0 Å². The number of amides is 2. The molecule has 0 radical (unpaired) electrons. The van der Waals surface area contributed by atoms with Gasteiger partial charge in [-0.15, -0.1) is 0 Å². The van der Waals surface area contributed by atoms with E-state index in [1.165, 1.54) is 12.3 Å². The van der Waals surface area contributed by atoms with E-state index in [0.29, 0.717) is 6.42 Å². The van der Waals surface area contributed by atoms with Crippen LogP contribution in [0, 0.1) is 0 Å². The lowest BCUT2D eigenvalue weighted by molar-refractivity contribution is -0.124. The quantitative estimate of drug-likeness (QED) is 0.790. The van der Waals surface area contributed by atoms with Crippen molar-refractivity contribution in [2.45, 2.75) is 31.5 Å². The van der Waals surface area contributed by atoms with E-state index in [9.17, 15) is 14.7 Å². The molecule has 0 spiro atoms. The zero-order valence-corrected chi connectivity index (χ0v) is 12.7. The SMILES string of the molecule is CC(NC(=O)c1ccco1)C(=O)NC1c2ccccc2CC1O. The Bertz CT molecular complexity index is 711. The zero-order valence-electron chi connectivity index (χ0n) is 12.7. The molecule has 6 heteroatoms. The summed E-state index contributed by atoms with van der Waals surface area (Å²) in [5, 5.41) is 15.5. The lowest BCUT2D eigenvalue weighted by Crippen LogP contribution is -2.47. The van der Waals surface area contributed by atoms with Gasteiger partial charge in [0.25, 0.3) is 5.91 Å². The van der Waals surface area contributed by atoms with Gasteiger partial charge in [0.2, 0.25) is 5.91 Å². The Balaban J connectivity index is 1.64. The molecule has 1 aliphatic carbocycles. The van der Waals surface area contributed by atoms with Crippen molar-refractivity contribution in [1.29, 1.82) is 0 Å². The minimum Gasteiger partial charge on any atom is -0.459 e. The van der Waals surface area contributed by atoms with E-state index in [4.69, 9.17) is 4.42 Å². The van der Waals surface area contributed by atoms with Crippen LogP contribution in [0.5, 0.6) is 0 Å². The number of benzene rings is 1. The third-order valence-corrected chi connectivity index (χ3v) is 3.99. The van der Waals surface area contributed by atoms with Crippen LogP contribution in [0.4, 0.5) is 0 Å². The van der Waals surface area contributed by atoms with Gasteiger partial charge in [-0.3, -0.25) is 9.59 Å². The molecule has 3 atom stereocenters. The summed E-state index contributed by atoms with van der Waals surface area (Å²) in [6.45, 7) is 1.59. The molecule has 0 aliphatic heterocycles. The second-order valence-corrected chi connectivity index (χ2v) is 5.63. The first-order valence-electron chi connectivity index (χ1n) is 7.47. The summed E-state index contributed by atoms with van der Waals surface area (Å²) in [6.07, 6.45) is 1.24. The molecule has 23 heavy (non-hydrogen) atoms. The fourth-order valence-corrected chi connectivity index (χ4v) is 2.77. The fraction of sp³-hybridized carbons (Fsp3) is 0.294. The Morgan fingerprint density at radius 2 is 2.04 bits per heavy atom. The summed E-state index contributed by atoms with van der Waals surface area (Å²) in [6, 6.07) is 9.53. The van der Waals surface area contributed by atoms with Crippen LogP contribution in [0.15, 0.2) is 47.1 Å². The minimum atomic E-state index is -0.743. The smallest absolute Gasteiger partial charge is 0.287 e. The predicted octanol–water partition coefficient (Wildman–Crippen LogP) is 1.17. The number of hydrogen-bond acceptors (Lipinski definition) is 4. The number of aliphatic hydroxyl groups excluding tert-OH is 1. The summed E-state index contributed by atoms with van der Waals surface area (Å²) in [5.74, 6) is -0.661. The van der Waals surface area contributed by atoms with Crippen LogP contribution in [0.1, 0.15) is 34.6 Å². The van der Waals surface area contributed by atoms with Crippen molar-refractivity contribution in [3.05, 3.63) is 59.5 Å². The molecule has 1 aliphatic rings. The van der Waals surface area contributed by atoms with Crippen molar-refractivity contribution < 1.29 is 19.1 Å². The van der Waals surface area contributed by atoms with Crippen LogP contribution < -0.4 is 10.6 Å². The molecule has 2 amide bonds. The molecule has 3 N–H and O–H groups in total. The van der Waals surface area contributed by atoms with Gasteiger partial charge in [-0.05, 0) is 30.2 Å². The van der Waals surface area contributed by atoms with E-state index >= 15 is 0 Å². The second-order valence-electron chi connectivity index (χ2n) is 5.63. The van der Waals surface area contributed by atoms with Gasteiger partial charge in [0, 0.05) is 6.42 Å². The highest BCUT2D eigenvalue weighted by Crippen LogP contribution is 2.31. The number of rotatable bonds is 4. The van der Waals surface area contributed by atoms with Crippen LogP contribution in [0.3, 0.4) is 0 Å². The normalized spacial score (nSPS) is 20.6. The van der Waals surface area contributed by atoms with Crippen molar-refractivity contribution in [3.63, 3.8) is 0 Å². The molecule has 0 fully saturated rings. The topological polar surface area (TPSA) is 91.6 Å². The van der Waals surface area contributed by atoms with Crippen LogP contribution in [-0.4, -0.2) is 29.1 Å². The average molecular weight is 314 g/mol. The van der Waals surface area contributed by atoms with Gasteiger partial charge >= 0.3 is 0 Å². The van der Waals surface area contributed by atoms with Gasteiger partial charge in [-0.1, -0.05) is 24.3 Å². The Kier molecular flexibility index (Phi) is 4.16. The number of hydrogen-bond donors (Lipinski definition) is 3. The summed E-state index contributed by atoms with van der Waals surface area (Å²) in [5.41, 5.74) is 1.94. The molecule has 1 aromatic heterocycles.